The lowest BCUT2D eigenvalue weighted by atomic mass is 10.00. The van der Waals surface area contributed by atoms with Crippen molar-refractivity contribution in [3.63, 3.8) is 0 Å². The van der Waals surface area contributed by atoms with Gasteiger partial charge in [0.05, 0.1) is 34.0 Å². The Morgan fingerprint density at radius 1 is 1.27 bits per heavy atom. The van der Waals surface area contributed by atoms with Crippen LogP contribution in [0.1, 0.15) is 19.4 Å². The van der Waals surface area contributed by atoms with Gasteiger partial charge in [0.15, 0.2) is 0 Å². The van der Waals surface area contributed by atoms with Crippen LogP contribution < -0.4 is 0 Å². The summed E-state index contributed by atoms with van der Waals surface area (Å²) in [6, 6.07) is 5.45. The number of nitrogens with zero attached hydrogens (tertiary/aromatic N) is 4. The van der Waals surface area contributed by atoms with Crippen molar-refractivity contribution in [2.45, 2.75) is 24.6 Å². The van der Waals surface area contributed by atoms with Crippen LogP contribution in [0.25, 0.3) is 17.0 Å². The summed E-state index contributed by atoms with van der Waals surface area (Å²) in [7, 11) is -1.24. The first-order valence-electron chi connectivity index (χ1n) is 6.73. The minimum absolute atomic E-state index is 0.283. The smallest absolute Gasteiger partial charge is 0.218 e. The zero-order valence-corrected chi connectivity index (χ0v) is 13.3. The fourth-order valence-electron chi connectivity index (χ4n) is 2.30. The van der Waals surface area contributed by atoms with Gasteiger partial charge in [0.1, 0.15) is 5.65 Å². The Hall–Kier alpha value is -2.12. The second-order valence-electron chi connectivity index (χ2n) is 5.50. The molecule has 0 radical (unpaired) electrons. The van der Waals surface area contributed by atoms with Gasteiger partial charge in [-0.05, 0) is 26.0 Å². The third-order valence-electron chi connectivity index (χ3n) is 3.35. The molecule has 3 aromatic rings. The van der Waals surface area contributed by atoms with Crippen LogP contribution in [-0.4, -0.2) is 34.9 Å². The van der Waals surface area contributed by atoms with Gasteiger partial charge in [0, 0.05) is 24.2 Å². The molecule has 0 fully saturated rings. The number of aliphatic hydroxyl groups is 1. The van der Waals surface area contributed by atoms with Crippen LogP contribution in [0.5, 0.6) is 0 Å². The van der Waals surface area contributed by atoms with Crippen LogP contribution in [-0.2, 0) is 16.4 Å². The number of pyridine rings is 1. The van der Waals surface area contributed by atoms with Crippen molar-refractivity contribution in [1.29, 1.82) is 0 Å². The maximum Gasteiger partial charge on any atom is 0.218 e. The third-order valence-corrected chi connectivity index (χ3v) is 4.06. The van der Waals surface area contributed by atoms with E-state index < -0.39 is 16.4 Å². The van der Waals surface area contributed by atoms with Crippen molar-refractivity contribution < 1.29 is 9.32 Å². The summed E-state index contributed by atoms with van der Waals surface area (Å²) in [5.41, 5.74) is 1.81. The number of rotatable bonds is 3. The largest absolute Gasteiger partial charge is 0.386 e. The van der Waals surface area contributed by atoms with Crippen LogP contribution in [0.3, 0.4) is 0 Å². The SMILES string of the molecule is CS(=O)c1nccc(-c2cnc3c(C(C)(C)O)cccn23)n1. The van der Waals surface area contributed by atoms with E-state index in [4.69, 9.17) is 0 Å². The van der Waals surface area contributed by atoms with Gasteiger partial charge in [-0.1, -0.05) is 6.07 Å². The van der Waals surface area contributed by atoms with Crippen molar-refractivity contribution >= 4 is 16.4 Å². The van der Waals surface area contributed by atoms with Gasteiger partial charge in [-0.15, -0.1) is 0 Å². The topological polar surface area (TPSA) is 80.4 Å². The molecule has 3 rings (SSSR count). The first kappa shape index (κ1) is 14.8. The molecule has 0 saturated heterocycles. The van der Waals surface area contributed by atoms with Gasteiger partial charge in [-0.25, -0.2) is 15.0 Å². The first-order chi connectivity index (χ1) is 10.4. The molecule has 0 saturated carbocycles. The Labute approximate surface area is 130 Å². The maximum atomic E-state index is 11.5. The van der Waals surface area contributed by atoms with E-state index in [1.165, 1.54) is 0 Å². The zero-order valence-electron chi connectivity index (χ0n) is 12.5. The Morgan fingerprint density at radius 2 is 2.05 bits per heavy atom. The maximum absolute atomic E-state index is 11.5. The lowest BCUT2D eigenvalue weighted by Gasteiger charge is -2.18. The molecule has 6 nitrogen and oxygen atoms in total. The molecular weight excluding hydrogens is 300 g/mol. The molecule has 0 amide bonds. The normalized spacial score (nSPS) is 13.5. The predicted molar refractivity (Wildman–Crippen MR) is 83.8 cm³/mol. The molecule has 0 aliphatic rings. The second-order valence-corrected chi connectivity index (χ2v) is 6.77. The summed E-state index contributed by atoms with van der Waals surface area (Å²) in [6.45, 7) is 3.44. The number of imidazole rings is 1. The predicted octanol–water partition coefficient (Wildman–Crippen LogP) is 1.76. The summed E-state index contributed by atoms with van der Waals surface area (Å²) in [6.07, 6.45) is 6.67. The molecule has 22 heavy (non-hydrogen) atoms. The van der Waals surface area contributed by atoms with Crippen molar-refractivity contribution in [3.8, 4) is 11.4 Å². The minimum Gasteiger partial charge on any atom is -0.386 e. The molecule has 0 aliphatic carbocycles. The molecule has 1 atom stereocenters. The number of hydrogen-bond acceptors (Lipinski definition) is 5. The fraction of sp³-hybridized carbons (Fsp3) is 0.267. The lowest BCUT2D eigenvalue weighted by Crippen LogP contribution is -2.17. The van der Waals surface area contributed by atoms with Crippen LogP contribution in [0.15, 0.2) is 41.9 Å². The van der Waals surface area contributed by atoms with Gasteiger partial charge >= 0.3 is 0 Å². The third kappa shape index (κ3) is 2.53. The first-order valence-corrected chi connectivity index (χ1v) is 8.29. The summed E-state index contributed by atoms with van der Waals surface area (Å²) in [5.74, 6) is 0. The van der Waals surface area contributed by atoms with Crippen molar-refractivity contribution in [3.05, 3.63) is 42.4 Å². The lowest BCUT2D eigenvalue weighted by molar-refractivity contribution is 0.0796. The average Bonchev–Trinajstić information content (AvgIpc) is 2.90. The minimum atomic E-state index is -1.24. The molecule has 3 aromatic heterocycles. The van der Waals surface area contributed by atoms with Gasteiger partial charge in [0.2, 0.25) is 5.16 Å². The Bertz CT molecular complexity index is 867. The highest BCUT2D eigenvalue weighted by atomic mass is 32.2. The van der Waals surface area contributed by atoms with E-state index in [-0.39, 0.29) is 5.16 Å². The number of aromatic nitrogens is 4. The highest BCUT2D eigenvalue weighted by Crippen LogP contribution is 2.27. The van der Waals surface area contributed by atoms with Crippen molar-refractivity contribution in [2.75, 3.05) is 6.26 Å². The molecule has 7 heteroatoms. The van der Waals surface area contributed by atoms with E-state index in [0.717, 1.165) is 11.3 Å². The molecule has 0 aliphatic heterocycles. The quantitative estimate of drug-likeness (QED) is 0.745. The van der Waals surface area contributed by atoms with Crippen LogP contribution in [0.2, 0.25) is 0 Å². The van der Waals surface area contributed by atoms with Crippen molar-refractivity contribution in [1.82, 2.24) is 19.4 Å². The Morgan fingerprint density at radius 3 is 2.73 bits per heavy atom. The van der Waals surface area contributed by atoms with Gasteiger partial charge < -0.3 is 5.11 Å². The van der Waals surface area contributed by atoms with Crippen molar-refractivity contribution in [2.24, 2.45) is 0 Å². The molecular formula is C15H16N4O2S. The van der Waals surface area contributed by atoms with Crippen LogP contribution >= 0.6 is 0 Å². The van der Waals surface area contributed by atoms with Gasteiger partial charge in [0.25, 0.3) is 0 Å². The van der Waals surface area contributed by atoms with Gasteiger partial charge in [-0.2, -0.15) is 0 Å². The Kier molecular flexibility index (Phi) is 3.54. The molecule has 0 bridgehead atoms. The molecule has 1 N–H and O–H groups in total. The van der Waals surface area contributed by atoms with E-state index in [2.05, 4.69) is 15.0 Å². The highest BCUT2D eigenvalue weighted by molar-refractivity contribution is 7.84. The molecule has 0 spiro atoms. The second kappa shape index (κ2) is 5.26. The monoisotopic (exact) mass is 316 g/mol. The molecule has 114 valence electrons. The number of hydrogen-bond donors (Lipinski definition) is 1. The van der Waals surface area contributed by atoms with Crippen LogP contribution in [0, 0.1) is 0 Å². The highest BCUT2D eigenvalue weighted by Gasteiger charge is 2.21. The van der Waals surface area contributed by atoms with E-state index >= 15 is 0 Å². The number of fused-ring (bicyclic) bond motifs is 1. The summed E-state index contributed by atoms with van der Waals surface area (Å²) >= 11 is 0. The van der Waals surface area contributed by atoms with E-state index in [9.17, 15) is 9.32 Å². The van der Waals surface area contributed by atoms with Crippen LogP contribution in [0.4, 0.5) is 0 Å². The van der Waals surface area contributed by atoms with E-state index in [0.29, 0.717) is 11.3 Å². The zero-order chi connectivity index (χ0) is 15.9. The molecule has 0 aromatic carbocycles. The standard InChI is InChI=1S/C15H16N4O2S/c1-15(2,20)10-5-4-8-19-12(9-17-13(10)19)11-6-7-16-14(18-11)22(3)21/h4-9,20H,1-3H3. The average molecular weight is 316 g/mol. The Balaban J connectivity index is 2.21. The van der Waals surface area contributed by atoms with Gasteiger partial charge in [-0.3, -0.25) is 8.61 Å². The summed E-state index contributed by atoms with van der Waals surface area (Å²) < 4.78 is 13.4. The van der Waals surface area contributed by atoms with E-state index in [1.807, 2.05) is 22.7 Å². The summed E-state index contributed by atoms with van der Waals surface area (Å²) in [4.78, 5) is 12.7. The van der Waals surface area contributed by atoms with E-state index in [1.54, 1.807) is 38.6 Å². The fourth-order valence-corrected chi connectivity index (χ4v) is 2.74. The molecule has 1 unspecified atom stereocenters. The molecule has 3 heterocycles. The summed E-state index contributed by atoms with van der Waals surface area (Å²) in [5, 5.41) is 10.5.